The van der Waals surface area contributed by atoms with E-state index in [0.29, 0.717) is 5.41 Å². The van der Waals surface area contributed by atoms with Crippen molar-refractivity contribution in [2.45, 2.75) is 59.4 Å². The number of halogens is 1. The second-order valence-electron chi connectivity index (χ2n) is 4.76. The predicted octanol–water partition coefficient (Wildman–Crippen LogP) is 3.82. The van der Waals surface area contributed by atoms with Crippen molar-refractivity contribution in [3.63, 3.8) is 0 Å². The molecule has 0 spiro atoms. The van der Waals surface area contributed by atoms with Crippen LogP contribution in [0.4, 0.5) is 0 Å². The first-order valence-corrected chi connectivity index (χ1v) is 7.76. The summed E-state index contributed by atoms with van der Waals surface area (Å²) >= 11 is 3.70. The highest BCUT2D eigenvalue weighted by Gasteiger charge is 2.28. The van der Waals surface area contributed by atoms with Gasteiger partial charge in [0.2, 0.25) is 0 Å². The Morgan fingerprint density at radius 1 is 1.35 bits per heavy atom. The van der Waals surface area contributed by atoms with Gasteiger partial charge in [-0.15, -0.1) is 0 Å². The Hall–Kier alpha value is -0.380. The van der Waals surface area contributed by atoms with E-state index in [1.54, 1.807) is 6.33 Å². The Balaban J connectivity index is 2.78. The molecule has 0 fully saturated rings. The van der Waals surface area contributed by atoms with Crippen LogP contribution in [0.15, 0.2) is 6.33 Å². The molecule has 1 atom stereocenters. The molecule has 0 aromatic carbocycles. The summed E-state index contributed by atoms with van der Waals surface area (Å²) in [6.07, 6.45) is 7.71. The highest BCUT2D eigenvalue weighted by atomic mass is 79.9. The van der Waals surface area contributed by atoms with Crippen molar-refractivity contribution in [3.05, 3.63) is 12.2 Å². The average Bonchev–Trinajstić information content (AvgIpc) is 2.81. The van der Waals surface area contributed by atoms with Crippen molar-refractivity contribution in [2.24, 2.45) is 5.41 Å². The molecule has 0 aliphatic rings. The molecule has 0 N–H and O–H groups in total. The third-order valence-corrected chi connectivity index (χ3v) is 4.81. The highest BCUT2D eigenvalue weighted by Crippen LogP contribution is 2.34. The molecule has 0 saturated carbocycles. The molecule has 1 unspecified atom stereocenters. The average molecular weight is 302 g/mol. The molecule has 0 bridgehead atoms. The van der Waals surface area contributed by atoms with Crippen LogP contribution in [0.3, 0.4) is 0 Å². The fourth-order valence-electron chi connectivity index (χ4n) is 2.18. The third kappa shape index (κ3) is 3.80. The van der Waals surface area contributed by atoms with E-state index in [1.807, 2.05) is 4.68 Å². The Morgan fingerprint density at radius 3 is 2.65 bits per heavy atom. The van der Waals surface area contributed by atoms with Gasteiger partial charge < -0.3 is 0 Å². The number of aromatic nitrogens is 3. The van der Waals surface area contributed by atoms with Crippen LogP contribution in [0.5, 0.6) is 0 Å². The lowest BCUT2D eigenvalue weighted by atomic mass is 9.79. The molecule has 1 aromatic rings. The molecule has 0 aliphatic carbocycles. The van der Waals surface area contributed by atoms with Gasteiger partial charge in [-0.25, -0.2) is 4.98 Å². The zero-order valence-corrected chi connectivity index (χ0v) is 12.8. The highest BCUT2D eigenvalue weighted by molar-refractivity contribution is 9.09. The Morgan fingerprint density at radius 2 is 2.12 bits per heavy atom. The molecule has 0 saturated heterocycles. The van der Waals surface area contributed by atoms with E-state index in [0.717, 1.165) is 24.1 Å². The quantitative estimate of drug-likeness (QED) is 0.683. The fourth-order valence-corrected chi connectivity index (χ4v) is 3.05. The summed E-state index contributed by atoms with van der Waals surface area (Å²) in [5, 5.41) is 5.31. The number of nitrogens with zero attached hydrogens (tertiary/aromatic N) is 3. The minimum absolute atomic E-state index is 0.343. The van der Waals surface area contributed by atoms with Crippen molar-refractivity contribution in [1.29, 1.82) is 0 Å². The van der Waals surface area contributed by atoms with Crippen LogP contribution in [0, 0.1) is 5.41 Å². The van der Waals surface area contributed by atoms with E-state index in [4.69, 9.17) is 0 Å². The van der Waals surface area contributed by atoms with E-state index in [1.165, 1.54) is 25.7 Å². The van der Waals surface area contributed by atoms with Crippen LogP contribution in [0.1, 0.15) is 52.3 Å². The number of rotatable bonds is 8. The van der Waals surface area contributed by atoms with Gasteiger partial charge in [-0.1, -0.05) is 42.6 Å². The number of hydrogen-bond acceptors (Lipinski definition) is 2. The summed E-state index contributed by atoms with van der Waals surface area (Å²) in [6.45, 7) is 7.56. The van der Waals surface area contributed by atoms with E-state index in [2.05, 4.69) is 46.8 Å². The van der Waals surface area contributed by atoms with Gasteiger partial charge in [0.15, 0.2) is 0 Å². The summed E-state index contributed by atoms with van der Waals surface area (Å²) in [5.74, 6) is 1.13. The van der Waals surface area contributed by atoms with Crippen molar-refractivity contribution >= 4 is 15.9 Å². The van der Waals surface area contributed by atoms with Gasteiger partial charge in [-0.3, -0.25) is 4.68 Å². The van der Waals surface area contributed by atoms with Crippen LogP contribution in [0.2, 0.25) is 0 Å². The van der Waals surface area contributed by atoms with Gasteiger partial charge in [0, 0.05) is 18.3 Å². The molecule has 4 heteroatoms. The molecule has 0 radical (unpaired) electrons. The Kier molecular flexibility index (Phi) is 6.17. The lowest BCUT2D eigenvalue weighted by molar-refractivity contribution is 0.273. The maximum atomic E-state index is 4.41. The minimum Gasteiger partial charge on any atom is -0.250 e. The summed E-state index contributed by atoms with van der Waals surface area (Å²) in [4.78, 5) is 4.41. The zero-order valence-electron chi connectivity index (χ0n) is 11.2. The number of aryl methyl sites for hydroxylation is 1. The molecular formula is C13H24BrN3. The topological polar surface area (TPSA) is 30.7 Å². The predicted molar refractivity (Wildman–Crippen MR) is 75.4 cm³/mol. The summed E-state index contributed by atoms with van der Waals surface area (Å²) < 4.78 is 2.01. The monoisotopic (exact) mass is 301 g/mol. The molecule has 0 aliphatic heterocycles. The molecule has 0 amide bonds. The van der Waals surface area contributed by atoms with E-state index >= 15 is 0 Å². The zero-order chi connectivity index (χ0) is 12.7. The second-order valence-corrected chi connectivity index (χ2v) is 5.32. The first-order valence-electron chi connectivity index (χ1n) is 6.64. The Bertz CT molecular complexity index is 318. The SMILES string of the molecule is CCCCC(CC)(CBr)Cc1ncnn1CC. The van der Waals surface area contributed by atoms with Crippen molar-refractivity contribution in [3.8, 4) is 0 Å². The van der Waals surface area contributed by atoms with Gasteiger partial charge in [0.25, 0.3) is 0 Å². The molecule has 98 valence electrons. The maximum Gasteiger partial charge on any atom is 0.138 e. The summed E-state index contributed by atoms with van der Waals surface area (Å²) in [6, 6.07) is 0. The van der Waals surface area contributed by atoms with E-state index in [9.17, 15) is 0 Å². The first kappa shape index (κ1) is 14.7. The van der Waals surface area contributed by atoms with Gasteiger partial charge in [-0.05, 0) is 25.2 Å². The maximum absolute atomic E-state index is 4.41. The lowest BCUT2D eigenvalue weighted by Crippen LogP contribution is -2.27. The molecule has 3 nitrogen and oxygen atoms in total. The van der Waals surface area contributed by atoms with Gasteiger partial charge in [-0.2, -0.15) is 5.10 Å². The van der Waals surface area contributed by atoms with Crippen LogP contribution in [-0.2, 0) is 13.0 Å². The van der Waals surface area contributed by atoms with E-state index in [-0.39, 0.29) is 0 Å². The molecular weight excluding hydrogens is 278 g/mol. The van der Waals surface area contributed by atoms with E-state index < -0.39 is 0 Å². The lowest BCUT2D eigenvalue weighted by Gasteiger charge is -2.30. The van der Waals surface area contributed by atoms with Gasteiger partial charge >= 0.3 is 0 Å². The van der Waals surface area contributed by atoms with Crippen molar-refractivity contribution in [1.82, 2.24) is 14.8 Å². The molecule has 1 rings (SSSR count). The summed E-state index contributed by atoms with van der Waals surface area (Å²) in [5.41, 5.74) is 0.343. The van der Waals surface area contributed by atoms with Crippen molar-refractivity contribution < 1.29 is 0 Å². The van der Waals surface area contributed by atoms with Crippen molar-refractivity contribution in [2.75, 3.05) is 5.33 Å². The van der Waals surface area contributed by atoms with Crippen LogP contribution >= 0.6 is 15.9 Å². The largest absolute Gasteiger partial charge is 0.250 e. The third-order valence-electron chi connectivity index (χ3n) is 3.62. The summed E-state index contributed by atoms with van der Waals surface area (Å²) in [7, 11) is 0. The first-order chi connectivity index (χ1) is 8.21. The smallest absolute Gasteiger partial charge is 0.138 e. The number of alkyl halides is 1. The normalized spacial score (nSPS) is 14.8. The van der Waals surface area contributed by atoms with Gasteiger partial charge in [0.1, 0.15) is 12.2 Å². The van der Waals surface area contributed by atoms with Gasteiger partial charge in [0.05, 0.1) is 0 Å². The minimum atomic E-state index is 0.343. The van der Waals surface area contributed by atoms with Crippen LogP contribution < -0.4 is 0 Å². The molecule has 1 heterocycles. The molecule has 17 heavy (non-hydrogen) atoms. The second kappa shape index (κ2) is 7.14. The fraction of sp³-hybridized carbons (Fsp3) is 0.846. The van der Waals surface area contributed by atoms with Crippen LogP contribution in [0.25, 0.3) is 0 Å². The standard InChI is InChI=1S/C13H24BrN3/c1-4-7-8-13(5-2,10-14)9-12-15-11-16-17(12)6-3/h11H,4-10H2,1-3H3. The number of hydrogen-bond donors (Lipinski definition) is 0. The Labute approximate surface area is 113 Å². The van der Waals surface area contributed by atoms with Crippen LogP contribution in [-0.4, -0.2) is 20.1 Å². The molecule has 1 aromatic heterocycles. The number of unbranched alkanes of at least 4 members (excludes halogenated alkanes) is 1.